The molecule has 0 unspecified atom stereocenters. The van der Waals surface area contributed by atoms with E-state index in [1.54, 1.807) is 0 Å². The summed E-state index contributed by atoms with van der Waals surface area (Å²) >= 11 is 1.45. The molecule has 0 saturated heterocycles. The van der Waals surface area contributed by atoms with Gasteiger partial charge < -0.3 is 15.2 Å². The predicted octanol–water partition coefficient (Wildman–Crippen LogP) is 3.91. The van der Waals surface area contributed by atoms with Crippen molar-refractivity contribution in [2.24, 2.45) is 5.73 Å². The second kappa shape index (κ2) is 9.62. The van der Waals surface area contributed by atoms with Gasteiger partial charge in [0.15, 0.2) is 5.78 Å². The molecule has 1 aromatic carbocycles. The summed E-state index contributed by atoms with van der Waals surface area (Å²) in [6.45, 7) is 0.923. The lowest BCUT2D eigenvalue weighted by molar-refractivity contribution is -0.138. The molecule has 6 nitrogen and oxygen atoms in total. The number of rotatable bonds is 8. The maximum atomic E-state index is 13.5. The van der Waals surface area contributed by atoms with Crippen LogP contribution in [0.1, 0.15) is 43.2 Å². The van der Waals surface area contributed by atoms with Crippen LogP contribution in [0.25, 0.3) is 0 Å². The number of amides is 2. The van der Waals surface area contributed by atoms with Crippen molar-refractivity contribution in [3.63, 3.8) is 0 Å². The average molecular weight is 478 g/mol. The van der Waals surface area contributed by atoms with E-state index >= 15 is 0 Å². The maximum Gasteiger partial charge on any atom is 0.416 e. The predicted molar refractivity (Wildman–Crippen MR) is 118 cm³/mol. The Balaban J connectivity index is 1.91. The van der Waals surface area contributed by atoms with E-state index in [4.69, 9.17) is 5.73 Å². The topological polar surface area (TPSA) is 85.4 Å². The number of likely N-dealkylation sites (N-methyl/N-ethyl adjacent to an activating group) is 1. The van der Waals surface area contributed by atoms with Crippen molar-refractivity contribution in [1.29, 1.82) is 0 Å². The number of alkyl halides is 3. The molecule has 33 heavy (non-hydrogen) atoms. The second-order valence-electron chi connectivity index (χ2n) is 7.62. The van der Waals surface area contributed by atoms with E-state index in [1.807, 2.05) is 16.8 Å². The largest absolute Gasteiger partial charge is 0.416 e. The van der Waals surface area contributed by atoms with E-state index in [0.29, 0.717) is 0 Å². The SMILES string of the molecule is Cc1c(C(N)=O)cc(C(=O)CN(C)C(=O)Cc2ccsc2)n1Cc1ccccc1C(F)(F)F. The van der Waals surface area contributed by atoms with E-state index < -0.39 is 23.4 Å². The summed E-state index contributed by atoms with van der Waals surface area (Å²) in [5.74, 6) is -1.60. The molecule has 0 radical (unpaired) electrons. The number of Topliss-reactive ketones (excluding diaryl/α,β-unsaturated/α-hetero) is 1. The highest BCUT2D eigenvalue weighted by molar-refractivity contribution is 7.08. The molecule has 0 aliphatic heterocycles. The Kier molecular flexibility index (Phi) is 7.06. The molecule has 174 valence electrons. The van der Waals surface area contributed by atoms with E-state index in [1.165, 1.54) is 59.0 Å². The van der Waals surface area contributed by atoms with Crippen molar-refractivity contribution in [3.05, 3.63) is 80.8 Å². The molecule has 3 rings (SSSR count). The second-order valence-corrected chi connectivity index (χ2v) is 8.40. The minimum atomic E-state index is -4.58. The summed E-state index contributed by atoms with van der Waals surface area (Å²) in [7, 11) is 1.47. The Morgan fingerprint density at radius 1 is 1.15 bits per heavy atom. The number of thiophene rings is 1. The molecule has 10 heteroatoms. The first-order chi connectivity index (χ1) is 15.5. The van der Waals surface area contributed by atoms with Gasteiger partial charge in [-0.05, 0) is 47.0 Å². The molecule has 0 bridgehead atoms. The van der Waals surface area contributed by atoms with Crippen LogP contribution in [0.5, 0.6) is 0 Å². The molecule has 3 aromatic rings. The number of hydrogen-bond acceptors (Lipinski definition) is 4. The molecule has 0 aliphatic rings. The standard InChI is InChI=1S/C23H22F3N3O3S/c1-14-17(22(27)32)10-19(20(30)12-28(2)21(31)9-15-7-8-33-13-15)29(14)11-16-5-3-4-6-18(16)23(24,25)26/h3-8,10,13H,9,11-12H2,1-2H3,(H2,27,32). The van der Waals surface area contributed by atoms with Gasteiger partial charge in [-0.15, -0.1) is 0 Å². The number of aromatic nitrogens is 1. The number of primary amides is 1. The summed E-state index contributed by atoms with van der Waals surface area (Å²) in [5.41, 5.74) is 5.66. The molecule has 2 heterocycles. The van der Waals surface area contributed by atoms with Crippen LogP contribution in [-0.4, -0.2) is 40.7 Å². The van der Waals surface area contributed by atoms with E-state index in [2.05, 4.69) is 0 Å². The Bertz CT molecular complexity index is 1180. The molecular formula is C23H22F3N3O3S. The van der Waals surface area contributed by atoms with Gasteiger partial charge in [0.1, 0.15) is 0 Å². The smallest absolute Gasteiger partial charge is 0.366 e. The van der Waals surface area contributed by atoms with Gasteiger partial charge in [-0.1, -0.05) is 18.2 Å². The zero-order chi connectivity index (χ0) is 24.3. The highest BCUT2D eigenvalue weighted by Crippen LogP contribution is 2.33. The van der Waals surface area contributed by atoms with Gasteiger partial charge >= 0.3 is 6.18 Å². The monoisotopic (exact) mass is 477 g/mol. The molecule has 0 saturated carbocycles. The lowest BCUT2D eigenvalue weighted by Gasteiger charge is -2.19. The van der Waals surface area contributed by atoms with Crippen LogP contribution in [0.15, 0.2) is 47.2 Å². The van der Waals surface area contributed by atoms with Crippen molar-refractivity contribution >= 4 is 28.9 Å². The van der Waals surface area contributed by atoms with Crippen LogP contribution in [0.4, 0.5) is 13.2 Å². The van der Waals surface area contributed by atoms with Crippen molar-refractivity contribution in [2.75, 3.05) is 13.6 Å². The van der Waals surface area contributed by atoms with Gasteiger partial charge in [-0.25, -0.2) is 0 Å². The number of ketones is 1. The lowest BCUT2D eigenvalue weighted by Crippen LogP contribution is -2.34. The zero-order valence-electron chi connectivity index (χ0n) is 18.0. The summed E-state index contributed by atoms with van der Waals surface area (Å²) in [5, 5.41) is 3.67. The van der Waals surface area contributed by atoms with Gasteiger partial charge in [0.2, 0.25) is 5.91 Å². The highest BCUT2D eigenvalue weighted by Gasteiger charge is 2.33. The van der Waals surface area contributed by atoms with E-state index in [-0.39, 0.29) is 47.9 Å². The molecule has 0 fully saturated rings. The fraction of sp³-hybridized carbons (Fsp3) is 0.261. The van der Waals surface area contributed by atoms with E-state index in [0.717, 1.165) is 11.6 Å². The summed E-state index contributed by atoms with van der Waals surface area (Å²) < 4.78 is 41.7. The Hall–Kier alpha value is -3.40. The number of benzene rings is 1. The van der Waals surface area contributed by atoms with Crippen molar-refractivity contribution in [3.8, 4) is 0 Å². The molecule has 0 spiro atoms. The third-order valence-corrected chi connectivity index (χ3v) is 6.04. The third-order valence-electron chi connectivity index (χ3n) is 5.31. The molecule has 0 atom stereocenters. The van der Waals surface area contributed by atoms with Gasteiger partial charge in [-0.2, -0.15) is 24.5 Å². The number of halogens is 3. The Morgan fingerprint density at radius 2 is 1.85 bits per heavy atom. The summed E-state index contributed by atoms with van der Waals surface area (Å²) in [4.78, 5) is 38.6. The maximum absolute atomic E-state index is 13.5. The number of nitrogens with two attached hydrogens (primary N) is 1. The van der Waals surface area contributed by atoms with Crippen molar-refractivity contribution in [2.45, 2.75) is 26.1 Å². The van der Waals surface area contributed by atoms with E-state index in [9.17, 15) is 27.6 Å². The van der Waals surface area contributed by atoms with Crippen LogP contribution in [0.3, 0.4) is 0 Å². The van der Waals surface area contributed by atoms with Crippen LogP contribution >= 0.6 is 11.3 Å². The van der Waals surface area contributed by atoms with Crippen LogP contribution in [0, 0.1) is 6.92 Å². The van der Waals surface area contributed by atoms with Gasteiger partial charge in [-0.3, -0.25) is 14.4 Å². The molecular weight excluding hydrogens is 455 g/mol. The minimum Gasteiger partial charge on any atom is -0.366 e. The first-order valence-electron chi connectivity index (χ1n) is 9.92. The van der Waals surface area contributed by atoms with Gasteiger partial charge in [0.05, 0.1) is 29.8 Å². The van der Waals surface area contributed by atoms with Crippen LogP contribution < -0.4 is 5.73 Å². The highest BCUT2D eigenvalue weighted by atomic mass is 32.1. The lowest BCUT2D eigenvalue weighted by atomic mass is 10.1. The Labute approximate surface area is 192 Å². The molecule has 2 N–H and O–H groups in total. The minimum absolute atomic E-state index is 0.00783. The molecule has 0 aliphatic carbocycles. The number of carbonyl (C=O) groups is 3. The van der Waals surface area contributed by atoms with Crippen LogP contribution in [-0.2, 0) is 23.9 Å². The normalized spacial score (nSPS) is 11.4. The number of nitrogens with zero attached hydrogens (tertiary/aromatic N) is 2. The summed E-state index contributed by atoms with van der Waals surface area (Å²) in [6.07, 6.45) is -4.46. The quantitative estimate of drug-likeness (QED) is 0.499. The van der Waals surface area contributed by atoms with Crippen molar-refractivity contribution in [1.82, 2.24) is 9.47 Å². The zero-order valence-corrected chi connectivity index (χ0v) is 18.8. The number of carbonyl (C=O) groups excluding carboxylic acids is 3. The van der Waals surface area contributed by atoms with Crippen molar-refractivity contribution < 1.29 is 27.6 Å². The third kappa shape index (κ3) is 5.51. The Morgan fingerprint density at radius 3 is 2.45 bits per heavy atom. The molecule has 2 amide bonds. The first-order valence-corrected chi connectivity index (χ1v) is 10.9. The van der Waals surface area contributed by atoms with Gasteiger partial charge in [0.25, 0.3) is 5.91 Å². The number of hydrogen-bond donors (Lipinski definition) is 1. The van der Waals surface area contributed by atoms with Crippen LogP contribution in [0.2, 0.25) is 0 Å². The molecule has 2 aromatic heterocycles. The average Bonchev–Trinajstić information content (AvgIpc) is 3.36. The van der Waals surface area contributed by atoms with Gasteiger partial charge in [0, 0.05) is 19.3 Å². The summed E-state index contributed by atoms with van der Waals surface area (Å²) in [6, 6.07) is 8.11. The first kappa shape index (κ1) is 24.2. The fourth-order valence-corrected chi connectivity index (χ4v) is 4.19. The fourth-order valence-electron chi connectivity index (χ4n) is 3.52.